The number of aromatic nitrogens is 1. The monoisotopic (exact) mass is 415 g/mol. The molecule has 0 bridgehead atoms. The first kappa shape index (κ1) is 22.3. The van der Waals surface area contributed by atoms with Gasteiger partial charge < -0.3 is 19.0 Å². The van der Waals surface area contributed by atoms with Crippen LogP contribution in [-0.4, -0.2) is 29.3 Å². The molecule has 1 saturated carbocycles. The summed E-state index contributed by atoms with van der Waals surface area (Å²) in [6.07, 6.45) is 6.96. The fraction of sp³-hybridized carbons (Fsp3) is 0.583. The molecule has 2 aromatic rings. The van der Waals surface area contributed by atoms with E-state index in [9.17, 15) is 9.90 Å². The van der Waals surface area contributed by atoms with Crippen LogP contribution >= 0.6 is 0 Å². The van der Waals surface area contributed by atoms with Crippen LogP contribution in [0.2, 0.25) is 0 Å². The van der Waals surface area contributed by atoms with Crippen LogP contribution in [0, 0.1) is 18.8 Å². The first-order valence-electron chi connectivity index (χ1n) is 10.9. The third-order valence-electron chi connectivity index (χ3n) is 6.17. The van der Waals surface area contributed by atoms with Gasteiger partial charge in [0.25, 0.3) is 0 Å². The molecular formula is C24H33NO5. The topological polar surface area (TPSA) is 81.8 Å². The SMILES string of the molecule is CCC(CC[C@H]1CCC[C@@H](OCc2nc(-c3cccc(OC)c3)oc2C)C1)C(=O)O. The Bertz CT molecular complexity index is 831. The fourth-order valence-corrected chi connectivity index (χ4v) is 4.23. The second-order valence-electron chi connectivity index (χ2n) is 8.24. The Hall–Kier alpha value is -2.34. The van der Waals surface area contributed by atoms with Gasteiger partial charge in [0, 0.05) is 5.56 Å². The molecule has 6 heteroatoms. The van der Waals surface area contributed by atoms with E-state index in [4.69, 9.17) is 13.9 Å². The van der Waals surface area contributed by atoms with Crippen LogP contribution in [0.15, 0.2) is 28.7 Å². The van der Waals surface area contributed by atoms with Crippen molar-refractivity contribution in [2.45, 2.75) is 71.5 Å². The molecule has 0 radical (unpaired) electrons. The lowest BCUT2D eigenvalue weighted by atomic mass is 9.82. The van der Waals surface area contributed by atoms with Gasteiger partial charge in [-0.05, 0) is 63.1 Å². The van der Waals surface area contributed by atoms with Crippen LogP contribution in [0.25, 0.3) is 11.5 Å². The average molecular weight is 416 g/mol. The number of hydrogen-bond acceptors (Lipinski definition) is 5. The summed E-state index contributed by atoms with van der Waals surface area (Å²) >= 11 is 0. The first-order valence-corrected chi connectivity index (χ1v) is 10.9. The predicted octanol–water partition coefficient (Wildman–Crippen LogP) is 5.63. The van der Waals surface area contributed by atoms with Gasteiger partial charge in [-0.3, -0.25) is 4.79 Å². The molecule has 0 aliphatic heterocycles. The van der Waals surface area contributed by atoms with Crippen LogP contribution in [0.4, 0.5) is 0 Å². The molecule has 3 atom stereocenters. The van der Waals surface area contributed by atoms with Crippen LogP contribution in [-0.2, 0) is 16.1 Å². The van der Waals surface area contributed by atoms with Crippen molar-refractivity contribution in [2.75, 3.05) is 7.11 Å². The largest absolute Gasteiger partial charge is 0.497 e. The first-order chi connectivity index (χ1) is 14.5. The van der Waals surface area contributed by atoms with Gasteiger partial charge in [0.2, 0.25) is 5.89 Å². The minimum absolute atomic E-state index is 0.199. The quantitative estimate of drug-likeness (QED) is 0.542. The fourth-order valence-electron chi connectivity index (χ4n) is 4.23. The standard InChI is InChI=1S/C24H33NO5/c1-4-18(24(26)27)12-11-17-7-5-10-21(13-17)29-15-22-16(2)30-23(25-22)19-8-6-9-20(14-19)28-3/h6,8-9,14,17-18,21H,4-5,7,10-13,15H2,1-3H3,(H,26,27)/t17-,18?,21-/m1/s1. The van der Waals surface area contributed by atoms with Crippen molar-refractivity contribution in [1.82, 2.24) is 4.98 Å². The third-order valence-corrected chi connectivity index (χ3v) is 6.17. The van der Waals surface area contributed by atoms with E-state index in [1.54, 1.807) is 7.11 Å². The number of benzene rings is 1. The van der Waals surface area contributed by atoms with Gasteiger partial charge in [0.1, 0.15) is 17.2 Å². The van der Waals surface area contributed by atoms with Gasteiger partial charge >= 0.3 is 5.97 Å². The van der Waals surface area contributed by atoms with Crippen LogP contribution in [0.5, 0.6) is 5.75 Å². The Morgan fingerprint density at radius 3 is 2.93 bits per heavy atom. The van der Waals surface area contributed by atoms with Crippen molar-refractivity contribution in [3.05, 3.63) is 35.7 Å². The zero-order valence-corrected chi connectivity index (χ0v) is 18.2. The number of carboxylic acid groups (broad SMARTS) is 1. The minimum atomic E-state index is -0.672. The lowest BCUT2D eigenvalue weighted by molar-refractivity contribution is -0.142. The molecule has 1 fully saturated rings. The number of rotatable bonds is 10. The van der Waals surface area contributed by atoms with Crippen molar-refractivity contribution in [1.29, 1.82) is 0 Å². The number of aliphatic carboxylic acids is 1. The highest BCUT2D eigenvalue weighted by atomic mass is 16.5. The number of carbonyl (C=O) groups is 1. The predicted molar refractivity (Wildman–Crippen MR) is 114 cm³/mol. The molecule has 1 aliphatic rings. The Labute approximate surface area is 178 Å². The van der Waals surface area contributed by atoms with Gasteiger partial charge in [-0.2, -0.15) is 0 Å². The number of carboxylic acids is 1. The molecule has 0 spiro atoms. The molecule has 1 heterocycles. The highest BCUT2D eigenvalue weighted by Gasteiger charge is 2.25. The van der Waals surface area contributed by atoms with E-state index < -0.39 is 5.97 Å². The molecule has 164 valence electrons. The summed E-state index contributed by atoms with van der Waals surface area (Å²) < 4.78 is 17.3. The van der Waals surface area contributed by atoms with Gasteiger partial charge in [-0.1, -0.05) is 25.8 Å². The van der Waals surface area contributed by atoms with Crippen LogP contribution < -0.4 is 4.74 Å². The smallest absolute Gasteiger partial charge is 0.306 e. The van der Waals surface area contributed by atoms with E-state index in [1.807, 2.05) is 38.1 Å². The molecule has 3 rings (SSSR count). The van der Waals surface area contributed by atoms with E-state index in [-0.39, 0.29) is 12.0 Å². The zero-order valence-electron chi connectivity index (χ0n) is 18.2. The molecule has 0 saturated heterocycles. The van der Waals surface area contributed by atoms with E-state index in [1.165, 1.54) is 6.42 Å². The summed E-state index contributed by atoms with van der Waals surface area (Å²) in [6, 6.07) is 7.66. The van der Waals surface area contributed by atoms with Crippen LogP contribution in [0.1, 0.15) is 63.3 Å². The zero-order chi connectivity index (χ0) is 21.5. The number of ether oxygens (including phenoxy) is 2. The van der Waals surface area contributed by atoms with Crippen molar-refractivity contribution in [3.8, 4) is 17.2 Å². The number of oxazole rings is 1. The average Bonchev–Trinajstić information content (AvgIpc) is 3.13. The van der Waals surface area contributed by atoms with Gasteiger partial charge in [-0.25, -0.2) is 4.98 Å². The number of methoxy groups -OCH3 is 1. The highest BCUT2D eigenvalue weighted by Crippen LogP contribution is 2.32. The van der Waals surface area contributed by atoms with Gasteiger partial charge in [0.15, 0.2) is 0 Å². The lowest BCUT2D eigenvalue weighted by Crippen LogP contribution is -2.24. The third kappa shape index (κ3) is 5.85. The molecule has 1 aromatic heterocycles. The number of hydrogen-bond donors (Lipinski definition) is 1. The molecule has 1 aliphatic carbocycles. The Morgan fingerprint density at radius 2 is 2.20 bits per heavy atom. The maximum Gasteiger partial charge on any atom is 0.306 e. The van der Waals surface area contributed by atoms with Crippen molar-refractivity contribution in [3.63, 3.8) is 0 Å². The highest BCUT2D eigenvalue weighted by molar-refractivity contribution is 5.69. The van der Waals surface area contributed by atoms with Gasteiger partial charge in [0.05, 0.1) is 25.7 Å². The van der Waals surface area contributed by atoms with Crippen molar-refractivity contribution in [2.24, 2.45) is 11.8 Å². The Balaban J connectivity index is 1.54. The molecule has 1 N–H and O–H groups in total. The summed E-state index contributed by atoms with van der Waals surface area (Å²) in [6.45, 7) is 4.30. The molecule has 30 heavy (non-hydrogen) atoms. The minimum Gasteiger partial charge on any atom is -0.497 e. The van der Waals surface area contributed by atoms with E-state index >= 15 is 0 Å². The normalized spacial score (nSPS) is 20.1. The molecular weight excluding hydrogens is 382 g/mol. The maximum absolute atomic E-state index is 11.3. The Kier molecular flexibility index (Phi) is 7.91. The van der Waals surface area contributed by atoms with Crippen molar-refractivity contribution >= 4 is 5.97 Å². The summed E-state index contributed by atoms with van der Waals surface area (Å²) in [5.41, 5.74) is 1.71. The molecule has 0 amide bonds. The second-order valence-corrected chi connectivity index (χ2v) is 8.24. The summed E-state index contributed by atoms with van der Waals surface area (Å²) in [7, 11) is 1.64. The number of aryl methyl sites for hydroxylation is 1. The molecule has 1 unspecified atom stereocenters. The van der Waals surface area contributed by atoms with E-state index in [0.29, 0.717) is 24.8 Å². The number of nitrogens with zero attached hydrogens (tertiary/aromatic N) is 1. The lowest BCUT2D eigenvalue weighted by Gasteiger charge is -2.29. The molecule has 1 aromatic carbocycles. The maximum atomic E-state index is 11.3. The van der Waals surface area contributed by atoms with Crippen molar-refractivity contribution < 1.29 is 23.8 Å². The Morgan fingerprint density at radius 1 is 1.37 bits per heavy atom. The summed E-state index contributed by atoms with van der Waals surface area (Å²) in [5.74, 6) is 1.76. The second kappa shape index (κ2) is 10.6. The molecule has 6 nitrogen and oxygen atoms in total. The van der Waals surface area contributed by atoms with E-state index in [2.05, 4.69) is 4.98 Å². The summed E-state index contributed by atoms with van der Waals surface area (Å²) in [5, 5.41) is 9.26. The van der Waals surface area contributed by atoms with E-state index in [0.717, 1.165) is 54.9 Å². The van der Waals surface area contributed by atoms with Gasteiger partial charge in [-0.15, -0.1) is 0 Å². The summed E-state index contributed by atoms with van der Waals surface area (Å²) in [4.78, 5) is 15.9. The van der Waals surface area contributed by atoms with Crippen LogP contribution in [0.3, 0.4) is 0 Å².